The van der Waals surface area contributed by atoms with Gasteiger partial charge >= 0.3 is 0 Å². The van der Waals surface area contributed by atoms with E-state index in [9.17, 15) is 4.79 Å². The summed E-state index contributed by atoms with van der Waals surface area (Å²) >= 11 is 2.16. The highest BCUT2D eigenvalue weighted by Gasteiger charge is 2.16. The zero-order valence-electron chi connectivity index (χ0n) is 16.1. The molecule has 0 spiro atoms. The molecule has 1 amide bonds. The molecule has 0 radical (unpaired) electrons. The SMILES string of the molecule is COc1c(I)cc(C(=O)Nc2ccc(C)c(C)c2)cc1OCc1ccccc1. The Labute approximate surface area is 179 Å². The second-order valence-corrected chi connectivity index (χ2v) is 7.68. The molecule has 4 nitrogen and oxygen atoms in total. The fraction of sp³-hybridized carbons (Fsp3) is 0.174. The van der Waals surface area contributed by atoms with Crippen LogP contribution < -0.4 is 14.8 Å². The van der Waals surface area contributed by atoms with Gasteiger partial charge in [-0.25, -0.2) is 0 Å². The predicted octanol–water partition coefficient (Wildman–Crippen LogP) is 5.75. The van der Waals surface area contributed by atoms with Gasteiger partial charge in [-0.05, 0) is 77.4 Å². The third-order valence-corrected chi connectivity index (χ3v) is 5.28. The van der Waals surface area contributed by atoms with Gasteiger partial charge in [0.1, 0.15) is 6.61 Å². The molecule has 5 heteroatoms. The Balaban J connectivity index is 1.83. The van der Waals surface area contributed by atoms with Crippen LogP contribution in [0.5, 0.6) is 11.5 Å². The molecule has 0 unspecified atom stereocenters. The third-order valence-electron chi connectivity index (χ3n) is 4.48. The first-order valence-electron chi connectivity index (χ1n) is 8.91. The topological polar surface area (TPSA) is 47.6 Å². The first-order valence-corrected chi connectivity index (χ1v) is 9.98. The van der Waals surface area contributed by atoms with Crippen LogP contribution in [0.4, 0.5) is 5.69 Å². The highest BCUT2D eigenvalue weighted by atomic mass is 127. The number of halogens is 1. The van der Waals surface area contributed by atoms with Gasteiger partial charge in [0.2, 0.25) is 0 Å². The summed E-state index contributed by atoms with van der Waals surface area (Å²) in [5.41, 5.74) is 4.66. The molecule has 0 bridgehead atoms. The van der Waals surface area contributed by atoms with Crippen LogP contribution in [0.25, 0.3) is 0 Å². The van der Waals surface area contributed by atoms with E-state index in [0.29, 0.717) is 23.7 Å². The number of hydrogen-bond acceptors (Lipinski definition) is 3. The maximum absolute atomic E-state index is 12.8. The van der Waals surface area contributed by atoms with E-state index in [1.54, 1.807) is 19.2 Å². The van der Waals surface area contributed by atoms with Gasteiger partial charge in [0.05, 0.1) is 10.7 Å². The quantitative estimate of drug-likeness (QED) is 0.451. The van der Waals surface area contributed by atoms with Crippen molar-refractivity contribution >= 4 is 34.2 Å². The average molecular weight is 487 g/mol. The number of aryl methyl sites for hydroxylation is 2. The van der Waals surface area contributed by atoms with Crippen molar-refractivity contribution in [3.8, 4) is 11.5 Å². The Bertz CT molecular complexity index is 987. The van der Waals surface area contributed by atoms with Gasteiger partial charge in [-0.3, -0.25) is 4.79 Å². The Kier molecular flexibility index (Phi) is 6.57. The molecule has 0 aromatic heterocycles. The standard InChI is InChI=1S/C23H22INO3/c1-15-9-10-19(11-16(15)2)25-23(26)18-12-20(24)22(27-3)21(13-18)28-14-17-7-5-4-6-8-17/h4-13H,14H2,1-3H3,(H,25,26). The number of ether oxygens (including phenoxy) is 2. The normalized spacial score (nSPS) is 10.4. The van der Waals surface area contributed by atoms with E-state index in [1.807, 2.05) is 62.4 Å². The molecule has 0 fully saturated rings. The molecule has 1 N–H and O–H groups in total. The predicted molar refractivity (Wildman–Crippen MR) is 120 cm³/mol. The highest BCUT2D eigenvalue weighted by molar-refractivity contribution is 14.1. The molecular formula is C23H22INO3. The van der Waals surface area contributed by atoms with Crippen molar-refractivity contribution in [2.24, 2.45) is 0 Å². The number of carbonyl (C=O) groups is 1. The lowest BCUT2D eigenvalue weighted by molar-refractivity contribution is 0.102. The molecular weight excluding hydrogens is 465 g/mol. The molecule has 144 valence electrons. The first-order chi connectivity index (χ1) is 13.5. The van der Waals surface area contributed by atoms with E-state index in [1.165, 1.54) is 5.56 Å². The molecule has 28 heavy (non-hydrogen) atoms. The lowest BCUT2D eigenvalue weighted by Gasteiger charge is -2.15. The van der Waals surface area contributed by atoms with E-state index < -0.39 is 0 Å². The molecule has 0 aliphatic rings. The largest absolute Gasteiger partial charge is 0.492 e. The van der Waals surface area contributed by atoms with E-state index in [0.717, 1.165) is 20.4 Å². The zero-order valence-corrected chi connectivity index (χ0v) is 18.2. The maximum Gasteiger partial charge on any atom is 0.255 e. The van der Waals surface area contributed by atoms with Crippen molar-refractivity contribution in [3.05, 3.63) is 86.5 Å². The fourth-order valence-electron chi connectivity index (χ4n) is 2.76. The van der Waals surface area contributed by atoms with Crippen LogP contribution in [0.1, 0.15) is 27.0 Å². The van der Waals surface area contributed by atoms with Crippen molar-refractivity contribution in [1.29, 1.82) is 0 Å². The van der Waals surface area contributed by atoms with Crippen LogP contribution >= 0.6 is 22.6 Å². The molecule has 0 aliphatic heterocycles. The van der Waals surface area contributed by atoms with Crippen LogP contribution in [0.15, 0.2) is 60.7 Å². The second-order valence-electron chi connectivity index (χ2n) is 6.52. The molecule has 0 saturated carbocycles. The van der Waals surface area contributed by atoms with Crippen molar-refractivity contribution in [1.82, 2.24) is 0 Å². The van der Waals surface area contributed by atoms with E-state index in [-0.39, 0.29) is 5.91 Å². The number of methoxy groups -OCH3 is 1. The zero-order chi connectivity index (χ0) is 20.1. The fourth-order valence-corrected chi connectivity index (χ4v) is 3.58. The summed E-state index contributed by atoms with van der Waals surface area (Å²) in [6.07, 6.45) is 0. The van der Waals surface area contributed by atoms with E-state index >= 15 is 0 Å². The number of carbonyl (C=O) groups excluding carboxylic acids is 1. The number of nitrogens with one attached hydrogen (secondary N) is 1. The summed E-state index contributed by atoms with van der Waals surface area (Å²) in [6.45, 7) is 4.47. The Morgan fingerprint density at radius 1 is 1.00 bits per heavy atom. The van der Waals surface area contributed by atoms with Crippen molar-refractivity contribution in [2.75, 3.05) is 12.4 Å². The second kappa shape index (κ2) is 9.10. The lowest BCUT2D eigenvalue weighted by Crippen LogP contribution is -2.13. The van der Waals surface area contributed by atoms with Gasteiger partial charge in [-0.15, -0.1) is 0 Å². The number of benzene rings is 3. The van der Waals surface area contributed by atoms with Gasteiger partial charge in [-0.1, -0.05) is 36.4 Å². The van der Waals surface area contributed by atoms with Crippen LogP contribution in [0.3, 0.4) is 0 Å². The van der Waals surface area contributed by atoms with Crippen molar-refractivity contribution in [2.45, 2.75) is 20.5 Å². The summed E-state index contributed by atoms with van der Waals surface area (Å²) in [4.78, 5) is 12.8. The van der Waals surface area contributed by atoms with Crippen molar-refractivity contribution < 1.29 is 14.3 Å². The van der Waals surface area contributed by atoms with E-state index in [2.05, 4.69) is 27.9 Å². The van der Waals surface area contributed by atoms with E-state index in [4.69, 9.17) is 9.47 Å². The van der Waals surface area contributed by atoms with Gasteiger partial charge < -0.3 is 14.8 Å². The van der Waals surface area contributed by atoms with Gasteiger partial charge in [-0.2, -0.15) is 0 Å². The highest BCUT2D eigenvalue weighted by Crippen LogP contribution is 2.34. The van der Waals surface area contributed by atoms with Gasteiger partial charge in [0.15, 0.2) is 11.5 Å². The minimum Gasteiger partial charge on any atom is -0.492 e. The summed E-state index contributed by atoms with van der Waals surface area (Å²) in [6, 6.07) is 19.3. The molecule has 0 aliphatic carbocycles. The number of rotatable bonds is 6. The van der Waals surface area contributed by atoms with Crippen LogP contribution in [-0.4, -0.2) is 13.0 Å². The Morgan fingerprint density at radius 2 is 1.75 bits per heavy atom. The van der Waals surface area contributed by atoms with Crippen molar-refractivity contribution in [3.63, 3.8) is 0 Å². The van der Waals surface area contributed by atoms with Gasteiger partial charge in [0, 0.05) is 11.3 Å². The maximum atomic E-state index is 12.8. The molecule has 0 heterocycles. The summed E-state index contributed by atoms with van der Waals surface area (Å²) < 4.78 is 12.3. The smallest absolute Gasteiger partial charge is 0.255 e. The lowest BCUT2D eigenvalue weighted by atomic mass is 10.1. The molecule has 3 aromatic carbocycles. The summed E-state index contributed by atoms with van der Waals surface area (Å²) in [5.74, 6) is 0.983. The summed E-state index contributed by atoms with van der Waals surface area (Å²) in [7, 11) is 1.60. The minimum absolute atomic E-state index is 0.187. The first kappa shape index (κ1) is 20.2. The molecule has 3 aromatic rings. The minimum atomic E-state index is -0.187. The number of amides is 1. The van der Waals surface area contributed by atoms with Crippen LogP contribution in [-0.2, 0) is 6.61 Å². The Morgan fingerprint density at radius 3 is 2.43 bits per heavy atom. The summed E-state index contributed by atoms with van der Waals surface area (Å²) in [5, 5.41) is 2.95. The van der Waals surface area contributed by atoms with Crippen LogP contribution in [0, 0.1) is 17.4 Å². The Hall–Kier alpha value is -2.54. The van der Waals surface area contributed by atoms with Crippen LogP contribution in [0.2, 0.25) is 0 Å². The monoisotopic (exact) mass is 487 g/mol. The van der Waals surface area contributed by atoms with Gasteiger partial charge in [0.25, 0.3) is 5.91 Å². The average Bonchev–Trinajstić information content (AvgIpc) is 2.69. The molecule has 0 saturated heterocycles. The molecule has 0 atom stereocenters. The molecule has 3 rings (SSSR count). The number of anilines is 1. The number of hydrogen-bond donors (Lipinski definition) is 1. The third kappa shape index (κ3) is 4.84.